The number of rotatable bonds is 1. The highest BCUT2D eigenvalue weighted by Gasteiger charge is 2.40. The van der Waals surface area contributed by atoms with E-state index in [1.165, 1.54) is 0 Å². The van der Waals surface area contributed by atoms with Crippen molar-refractivity contribution in [1.29, 1.82) is 0 Å². The number of nitrogens with zero attached hydrogens (tertiary/aromatic N) is 1. The monoisotopic (exact) mass is 267 g/mol. The first-order chi connectivity index (χ1) is 5.31. The average molecular weight is 267 g/mol. The van der Waals surface area contributed by atoms with E-state index >= 15 is 0 Å². The molecule has 0 saturated carbocycles. The first-order valence-electron chi connectivity index (χ1n) is 3.82. The smallest absolute Gasteiger partial charge is 0.323 e. The Morgan fingerprint density at radius 2 is 2.45 bits per heavy atom. The Kier molecular flexibility index (Phi) is 2.05. The van der Waals surface area contributed by atoms with Gasteiger partial charge in [0, 0.05) is 6.54 Å². The van der Waals surface area contributed by atoms with Gasteiger partial charge in [-0.05, 0) is 12.8 Å². The van der Waals surface area contributed by atoms with Crippen LogP contribution >= 0.6 is 22.6 Å². The quantitative estimate of drug-likeness (QED) is 0.304. The van der Waals surface area contributed by atoms with Crippen LogP contribution in [0.15, 0.2) is 0 Å². The maximum absolute atomic E-state index is 11.2. The van der Waals surface area contributed by atoms with Crippen molar-refractivity contribution >= 4 is 28.6 Å². The highest BCUT2D eigenvalue weighted by atomic mass is 127. The van der Waals surface area contributed by atoms with Crippen LogP contribution in [0.25, 0.3) is 0 Å². The number of halogens is 1. The molecule has 0 unspecified atom stereocenters. The Morgan fingerprint density at radius 1 is 1.64 bits per heavy atom. The molecule has 11 heavy (non-hydrogen) atoms. The van der Waals surface area contributed by atoms with E-state index in [2.05, 4.69) is 27.5 Å². The summed E-state index contributed by atoms with van der Waals surface area (Å²) >= 11 is 2.29. The molecule has 3 heterocycles. The van der Waals surface area contributed by atoms with E-state index in [9.17, 15) is 4.79 Å². The molecule has 0 aliphatic carbocycles. The number of fused-ring (bicyclic) bond motifs is 3. The van der Waals surface area contributed by atoms with E-state index in [1.807, 2.05) is 0 Å². The topological polar surface area (TPSA) is 29.5 Å². The molecule has 3 fully saturated rings. The largest absolute Gasteiger partial charge is 0.460 e. The van der Waals surface area contributed by atoms with Gasteiger partial charge in [-0.3, -0.25) is 9.69 Å². The fraction of sp³-hybridized carbons (Fsp3) is 0.857. The van der Waals surface area contributed by atoms with E-state index < -0.39 is 0 Å². The molecule has 0 amide bonds. The van der Waals surface area contributed by atoms with Crippen LogP contribution in [0.2, 0.25) is 0 Å². The van der Waals surface area contributed by atoms with Crippen LogP contribution in [-0.4, -0.2) is 34.1 Å². The highest BCUT2D eigenvalue weighted by molar-refractivity contribution is 14.1. The number of alkyl halides is 1. The average Bonchev–Trinajstić information content (AvgIpc) is 2.04. The predicted molar refractivity (Wildman–Crippen MR) is 48.5 cm³/mol. The molecule has 3 saturated heterocycles. The normalized spacial score (nSPS) is 37.4. The van der Waals surface area contributed by atoms with Gasteiger partial charge >= 0.3 is 5.97 Å². The van der Waals surface area contributed by atoms with E-state index in [4.69, 9.17) is 4.74 Å². The first kappa shape index (κ1) is 7.79. The number of ether oxygens (including phenoxy) is 1. The molecule has 62 valence electrons. The van der Waals surface area contributed by atoms with Gasteiger partial charge in [-0.2, -0.15) is 0 Å². The number of esters is 1. The summed E-state index contributed by atoms with van der Waals surface area (Å²) in [4.78, 5) is 13.4. The molecule has 3 aliphatic rings. The molecule has 2 atom stereocenters. The van der Waals surface area contributed by atoms with Gasteiger partial charge in [-0.25, -0.2) is 0 Å². The maximum atomic E-state index is 11.2. The standard InChI is InChI=1S/C7H10INO2/c8-4-9-3-5-1-2-6(9)7(10)11-5/h5-6H,1-4H2/t5-,6-/m0/s1. The number of carbonyl (C=O) groups excluding carboxylic acids is 1. The van der Waals surface area contributed by atoms with Gasteiger partial charge in [0.25, 0.3) is 0 Å². The predicted octanol–water partition coefficient (Wildman–Crippen LogP) is 0.769. The third-order valence-corrected chi connectivity index (χ3v) is 3.23. The summed E-state index contributed by atoms with van der Waals surface area (Å²) in [5.41, 5.74) is 0. The number of piperidine rings is 1. The van der Waals surface area contributed by atoms with Crippen LogP contribution in [0.5, 0.6) is 0 Å². The molecule has 0 radical (unpaired) electrons. The molecule has 2 bridgehead atoms. The zero-order valence-corrected chi connectivity index (χ0v) is 8.28. The number of morpholine rings is 1. The number of hydrogen-bond donors (Lipinski definition) is 0. The van der Waals surface area contributed by atoms with E-state index in [-0.39, 0.29) is 18.1 Å². The fourth-order valence-corrected chi connectivity index (χ4v) is 2.50. The lowest BCUT2D eigenvalue weighted by Gasteiger charge is -2.42. The minimum absolute atomic E-state index is 0.0100. The fourth-order valence-electron chi connectivity index (χ4n) is 1.74. The van der Waals surface area contributed by atoms with Crippen molar-refractivity contribution in [3.8, 4) is 0 Å². The van der Waals surface area contributed by atoms with Crippen LogP contribution in [0.1, 0.15) is 12.8 Å². The molecule has 4 heteroatoms. The van der Waals surface area contributed by atoms with Gasteiger partial charge in [0.15, 0.2) is 0 Å². The highest BCUT2D eigenvalue weighted by Crippen LogP contribution is 2.27. The summed E-state index contributed by atoms with van der Waals surface area (Å²) in [5, 5.41) is 0. The molecule has 3 nitrogen and oxygen atoms in total. The molecule has 0 aromatic carbocycles. The Labute approximate surface area is 79.2 Å². The summed E-state index contributed by atoms with van der Waals surface area (Å²) in [6.45, 7) is 0.944. The van der Waals surface area contributed by atoms with Crippen molar-refractivity contribution < 1.29 is 9.53 Å². The van der Waals surface area contributed by atoms with Gasteiger partial charge in [0.2, 0.25) is 0 Å². The van der Waals surface area contributed by atoms with Crippen molar-refractivity contribution in [1.82, 2.24) is 4.90 Å². The molecule has 3 rings (SSSR count). The SMILES string of the molecule is O=C1O[C@H]2CC[C@@H]1N(CI)C2. The second-order valence-electron chi connectivity index (χ2n) is 3.04. The minimum atomic E-state index is -0.0100. The van der Waals surface area contributed by atoms with Crippen LogP contribution in [0.3, 0.4) is 0 Å². The van der Waals surface area contributed by atoms with E-state index in [1.54, 1.807) is 0 Å². The summed E-state index contributed by atoms with van der Waals surface area (Å²) < 4.78 is 6.07. The Morgan fingerprint density at radius 3 is 2.91 bits per heavy atom. The zero-order valence-electron chi connectivity index (χ0n) is 6.12. The Balaban J connectivity index is 2.13. The van der Waals surface area contributed by atoms with Crippen molar-refractivity contribution in [3.63, 3.8) is 0 Å². The molecular weight excluding hydrogens is 257 g/mol. The second-order valence-corrected chi connectivity index (χ2v) is 3.73. The second kappa shape index (κ2) is 2.90. The van der Waals surface area contributed by atoms with E-state index in [0.717, 1.165) is 23.9 Å². The lowest BCUT2D eigenvalue weighted by atomic mass is 9.97. The Bertz CT molecular complexity index is 185. The zero-order chi connectivity index (χ0) is 7.84. The number of carbonyl (C=O) groups is 1. The maximum Gasteiger partial charge on any atom is 0.323 e. The summed E-state index contributed by atoms with van der Waals surface area (Å²) in [6, 6.07) is 0.0666. The van der Waals surface area contributed by atoms with Crippen molar-refractivity contribution in [3.05, 3.63) is 0 Å². The number of hydrogen-bond acceptors (Lipinski definition) is 3. The van der Waals surface area contributed by atoms with Gasteiger partial charge < -0.3 is 4.74 Å². The summed E-state index contributed by atoms with van der Waals surface area (Å²) in [6.07, 6.45) is 2.23. The van der Waals surface area contributed by atoms with Crippen LogP contribution < -0.4 is 0 Å². The molecule has 0 spiro atoms. The van der Waals surface area contributed by atoms with Crippen molar-refractivity contribution in [2.24, 2.45) is 0 Å². The molecule has 0 N–H and O–H groups in total. The van der Waals surface area contributed by atoms with Crippen LogP contribution in [-0.2, 0) is 9.53 Å². The first-order valence-corrected chi connectivity index (χ1v) is 5.34. The van der Waals surface area contributed by atoms with Gasteiger partial charge in [0.1, 0.15) is 12.1 Å². The van der Waals surface area contributed by atoms with Crippen molar-refractivity contribution in [2.75, 3.05) is 11.1 Å². The molecule has 0 aromatic rings. The third-order valence-electron chi connectivity index (χ3n) is 2.35. The Hall–Kier alpha value is 0.160. The molecule has 0 aromatic heterocycles. The van der Waals surface area contributed by atoms with Gasteiger partial charge in [0.05, 0.1) is 4.55 Å². The van der Waals surface area contributed by atoms with Gasteiger partial charge in [-0.15, -0.1) is 0 Å². The molecular formula is C7H10INO2. The molecule has 3 aliphatic heterocycles. The lowest BCUT2D eigenvalue weighted by molar-refractivity contribution is -0.174. The van der Waals surface area contributed by atoms with Crippen molar-refractivity contribution in [2.45, 2.75) is 25.0 Å². The lowest BCUT2D eigenvalue weighted by Crippen LogP contribution is -2.56. The third kappa shape index (κ3) is 1.26. The minimum Gasteiger partial charge on any atom is -0.460 e. The van der Waals surface area contributed by atoms with Gasteiger partial charge in [-0.1, -0.05) is 22.6 Å². The van der Waals surface area contributed by atoms with Crippen LogP contribution in [0.4, 0.5) is 0 Å². The van der Waals surface area contributed by atoms with Crippen LogP contribution in [0, 0.1) is 0 Å². The summed E-state index contributed by atoms with van der Waals surface area (Å²) in [7, 11) is 0. The van der Waals surface area contributed by atoms with E-state index in [0.29, 0.717) is 0 Å². The summed E-state index contributed by atoms with van der Waals surface area (Å²) in [5.74, 6) is -0.0100.